The maximum atomic E-state index is 5.49. The Morgan fingerprint density at radius 2 is 1.94 bits per heavy atom. The Morgan fingerprint density at radius 1 is 1.31 bits per heavy atom. The first-order chi connectivity index (χ1) is 7.36. The van der Waals surface area contributed by atoms with Gasteiger partial charge in [-0.2, -0.15) is 0 Å². The van der Waals surface area contributed by atoms with Gasteiger partial charge < -0.3 is 10.6 Å². The minimum atomic E-state index is 0.211. The Morgan fingerprint density at radius 3 is 2.31 bits per heavy atom. The molecule has 0 aliphatic carbocycles. The van der Waals surface area contributed by atoms with E-state index in [1.807, 2.05) is 7.05 Å². The van der Waals surface area contributed by atoms with Gasteiger partial charge in [-0.3, -0.25) is 4.98 Å². The summed E-state index contributed by atoms with van der Waals surface area (Å²) in [5.74, 6) is 0.889. The molecule has 1 aromatic heterocycles. The van der Waals surface area contributed by atoms with Crippen molar-refractivity contribution in [1.29, 1.82) is 0 Å². The Bertz CT molecular complexity index is 326. The lowest BCUT2D eigenvalue weighted by Gasteiger charge is -2.35. The highest BCUT2D eigenvalue weighted by atomic mass is 15.2. The van der Waals surface area contributed by atoms with Crippen molar-refractivity contribution >= 4 is 5.82 Å². The molecule has 1 atom stereocenters. The van der Waals surface area contributed by atoms with Gasteiger partial charge in [0.05, 0.1) is 18.1 Å². The van der Waals surface area contributed by atoms with Crippen LogP contribution in [-0.2, 0) is 6.54 Å². The lowest BCUT2D eigenvalue weighted by Crippen LogP contribution is -2.39. The lowest BCUT2D eigenvalue weighted by molar-refractivity contribution is 0.328. The topological polar surface area (TPSA) is 55.0 Å². The Balaban J connectivity index is 2.84. The van der Waals surface area contributed by atoms with Crippen LogP contribution in [0, 0.1) is 5.41 Å². The summed E-state index contributed by atoms with van der Waals surface area (Å²) in [4.78, 5) is 10.8. The molecule has 0 bridgehead atoms. The van der Waals surface area contributed by atoms with E-state index in [0.29, 0.717) is 12.6 Å². The molecule has 16 heavy (non-hydrogen) atoms. The second kappa shape index (κ2) is 4.78. The molecule has 0 aliphatic heterocycles. The SMILES string of the molecule is CC(N(C)c1cnc(CN)cn1)C(C)(C)C. The maximum absolute atomic E-state index is 5.49. The number of anilines is 1. The van der Waals surface area contributed by atoms with Gasteiger partial charge in [-0.05, 0) is 12.3 Å². The van der Waals surface area contributed by atoms with E-state index in [1.165, 1.54) is 0 Å². The highest BCUT2D eigenvalue weighted by molar-refractivity contribution is 5.36. The fraction of sp³-hybridized carbons (Fsp3) is 0.667. The molecule has 1 heterocycles. The van der Waals surface area contributed by atoms with Crippen LogP contribution < -0.4 is 10.6 Å². The number of hydrogen-bond acceptors (Lipinski definition) is 4. The summed E-state index contributed by atoms with van der Waals surface area (Å²) in [5.41, 5.74) is 6.52. The maximum Gasteiger partial charge on any atom is 0.147 e. The van der Waals surface area contributed by atoms with Gasteiger partial charge in [0.2, 0.25) is 0 Å². The second-order valence-corrected chi connectivity index (χ2v) is 5.22. The van der Waals surface area contributed by atoms with Crippen LogP contribution in [-0.4, -0.2) is 23.1 Å². The molecule has 4 nitrogen and oxygen atoms in total. The van der Waals surface area contributed by atoms with Crippen LogP contribution in [0.4, 0.5) is 5.82 Å². The molecule has 1 rings (SSSR count). The van der Waals surface area contributed by atoms with Crippen LogP contribution in [0.15, 0.2) is 12.4 Å². The first kappa shape index (κ1) is 12.9. The third-order valence-corrected chi connectivity index (χ3v) is 3.10. The molecular formula is C12H22N4. The van der Waals surface area contributed by atoms with Crippen LogP contribution in [0.1, 0.15) is 33.4 Å². The second-order valence-electron chi connectivity index (χ2n) is 5.22. The molecule has 4 heteroatoms. The van der Waals surface area contributed by atoms with E-state index >= 15 is 0 Å². The molecule has 1 aromatic rings. The predicted octanol–water partition coefficient (Wildman–Crippen LogP) is 1.81. The molecule has 0 aromatic carbocycles. The fourth-order valence-electron chi connectivity index (χ4n) is 1.41. The summed E-state index contributed by atoms with van der Waals surface area (Å²) in [5, 5.41) is 0. The Kier molecular flexibility index (Phi) is 3.86. The Labute approximate surface area is 97.9 Å². The van der Waals surface area contributed by atoms with Crippen molar-refractivity contribution in [3.05, 3.63) is 18.1 Å². The average molecular weight is 222 g/mol. The highest BCUT2D eigenvalue weighted by Crippen LogP contribution is 2.25. The third-order valence-electron chi connectivity index (χ3n) is 3.10. The van der Waals surface area contributed by atoms with E-state index in [-0.39, 0.29) is 5.41 Å². The van der Waals surface area contributed by atoms with Gasteiger partial charge in [0, 0.05) is 19.6 Å². The zero-order valence-corrected chi connectivity index (χ0v) is 10.9. The largest absolute Gasteiger partial charge is 0.355 e. The van der Waals surface area contributed by atoms with Gasteiger partial charge in [0.15, 0.2) is 0 Å². The van der Waals surface area contributed by atoms with Gasteiger partial charge in [0.1, 0.15) is 5.82 Å². The van der Waals surface area contributed by atoms with E-state index in [2.05, 4.69) is 42.6 Å². The zero-order chi connectivity index (χ0) is 12.3. The molecule has 0 radical (unpaired) electrons. The van der Waals surface area contributed by atoms with Crippen molar-refractivity contribution in [2.45, 2.75) is 40.3 Å². The fourth-order valence-corrected chi connectivity index (χ4v) is 1.41. The Hall–Kier alpha value is -1.16. The number of rotatable bonds is 3. The van der Waals surface area contributed by atoms with E-state index in [9.17, 15) is 0 Å². The first-order valence-electron chi connectivity index (χ1n) is 5.60. The summed E-state index contributed by atoms with van der Waals surface area (Å²) >= 11 is 0. The zero-order valence-electron chi connectivity index (χ0n) is 10.9. The van der Waals surface area contributed by atoms with E-state index in [1.54, 1.807) is 12.4 Å². The molecule has 0 amide bonds. The molecule has 2 N–H and O–H groups in total. The van der Waals surface area contributed by atoms with E-state index < -0.39 is 0 Å². The summed E-state index contributed by atoms with van der Waals surface area (Å²) in [7, 11) is 2.04. The number of nitrogens with two attached hydrogens (primary N) is 1. The monoisotopic (exact) mass is 222 g/mol. The number of hydrogen-bond donors (Lipinski definition) is 1. The molecular weight excluding hydrogens is 200 g/mol. The van der Waals surface area contributed by atoms with Crippen LogP contribution in [0.3, 0.4) is 0 Å². The van der Waals surface area contributed by atoms with Crippen molar-refractivity contribution in [3.8, 4) is 0 Å². The predicted molar refractivity (Wildman–Crippen MR) is 67.2 cm³/mol. The normalized spacial score (nSPS) is 13.6. The quantitative estimate of drug-likeness (QED) is 0.847. The number of aromatic nitrogens is 2. The summed E-state index contributed by atoms with van der Waals surface area (Å²) in [6, 6.07) is 0.394. The van der Waals surface area contributed by atoms with Crippen LogP contribution >= 0.6 is 0 Å². The summed E-state index contributed by atoms with van der Waals surface area (Å²) < 4.78 is 0. The van der Waals surface area contributed by atoms with Crippen LogP contribution in [0.5, 0.6) is 0 Å². The molecule has 1 unspecified atom stereocenters. The van der Waals surface area contributed by atoms with Crippen molar-refractivity contribution in [3.63, 3.8) is 0 Å². The van der Waals surface area contributed by atoms with Gasteiger partial charge in [0.25, 0.3) is 0 Å². The molecule has 0 aliphatic rings. The minimum Gasteiger partial charge on any atom is -0.355 e. The van der Waals surface area contributed by atoms with Crippen molar-refractivity contribution in [2.24, 2.45) is 11.1 Å². The van der Waals surface area contributed by atoms with E-state index in [0.717, 1.165) is 11.5 Å². The van der Waals surface area contributed by atoms with Gasteiger partial charge >= 0.3 is 0 Å². The molecule has 90 valence electrons. The lowest BCUT2D eigenvalue weighted by atomic mass is 9.87. The van der Waals surface area contributed by atoms with Crippen molar-refractivity contribution in [2.75, 3.05) is 11.9 Å². The summed E-state index contributed by atoms with van der Waals surface area (Å²) in [6.07, 6.45) is 3.52. The standard InChI is InChI=1S/C12H22N4/c1-9(12(2,3)4)16(5)11-8-14-10(6-13)7-15-11/h7-9H,6,13H2,1-5H3. The van der Waals surface area contributed by atoms with E-state index in [4.69, 9.17) is 5.73 Å². The van der Waals surface area contributed by atoms with Gasteiger partial charge in [-0.15, -0.1) is 0 Å². The van der Waals surface area contributed by atoms with Crippen molar-refractivity contribution in [1.82, 2.24) is 9.97 Å². The molecule has 0 saturated carbocycles. The summed E-state index contributed by atoms with van der Waals surface area (Å²) in [6.45, 7) is 9.28. The van der Waals surface area contributed by atoms with Crippen LogP contribution in [0.2, 0.25) is 0 Å². The highest BCUT2D eigenvalue weighted by Gasteiger charge is 2.24. The minimum absolute atomic E-state index is 0.211. The van der Waals surface area contributed by atoms with Crippen molar-refractivity contribution < 1.29 is 0 Å². The average Bonchev–Trinajstić information content (AvgIpc) is 2.26. The molecule has 0 spiro atoms. The third kappa shape index (κ3) is 2.92. The molecule has 0 fully saturated rings. The van der Waals surface area contributed by atoms with Crippen LogP contribution in [0.25, 0.3) is 0 Å². The smallest absolute Gasteiger partial charge is 0.147 e. The molecule has 0 saturated heterocycles. The van der Waals surface area contributed by atoms with Gasteiger partial charge in [-0.1, -0.05) is 20.8 Å². The van der Waals surface area contributed by atoms with Gasteiger partial charge in [-0.25, -0.2) is 4.98 Å². The first-order valence-corrected chi connectivity index (χ1v) is 5.60. The number of nitrogens with zero attached hydrogens (tertiary/aromatic N) is 3.